The van der Waals surface area contributed by atoms with Gasteiger partial charge in [-0.25, -0.2) is 0 Å². The van der Waals surface area contributed by atoms with E-state index in [0.717, 1.165) is 25.9 Å². The van der Waals surface area contributed by atoms with Gasteiger partial charge in [-0.3, -0.25) is 14.5 Å². The summed E-state index contributed by atoms with van der Waals surface area (Å²) in [4.78, 5) is 28.6. The van der Waals surface area contributed by atoms with E-state index in [4.69, 9.17) is 11.6 Å². The van der Waals surface area contributed by atoms with Crippen LogP contribution >= 0.6 is 11.6 Å². The smallest absolute Gasteiger partial charge is 0.238 e. The molecule has 1 heterocycles. The molecule has 1 aromatic carbocycles. The first-order valence-corrected chi connectivity index (χ1v) is 9.07. The first-order valence-electron chi connectivity index (χ1n) is 8.69. The lowest BCUT2D eigenvalue weighted by Gasteiger charge is -2.35. The second kappa shape index (κ2) is 7.99. The standard InChI is InChI=1S/C18H24ClN3O2/c19-15-7-3-4-8-16(15)20-17(23)13-21-9-11-22(12-10-21)18(24)14-5-1-2-6-14/h3-4,7-8,14H,1-2,5-6,9-13H2,(H,20,23). The van der Waals surface area contributed by atoms with Gasteiger partial charge < -0.3 is 10.2 Å². The molecule has 5 nitrogen and oxygen atoms in total. The minimum Gasteiger partial charge on any atom is -0.340 e. The van der Waals surface area contributed by atoms with Crippen molar-refractivity contribution in [1.29, 1.82) is 0 Å². The Kier molecular flexibility index (Phi) is 5.74. The van der Waals surface area contributed by atoms with Crippen LogP contribution < -0.4 is 5.32 Å². The molecule has 1 aliphatic heterocycles. The van der Waals surface area contributed by atoms with E-state index in [2.05, 4.69) is 10.2 Å². The van der Waals surface area contributed by atoms with Crippen LogP contribution in [0.25, 0.3) is 0 Å². The predicted octanol–water partition coefficient (Wildman–Crippen LogP) is 2.61. The van der Waals surface area contributed by atoms with Crippen molar-refractivity contribution in [3.63, 3.8) is 0 Å². The Morgan fingerprint density at radius 1 is 1.08 bits per heavy atom. The van der Waals surface area contributed by atoms with Crippen molar-refractivity contribution in [1.82, 2.24) is 9.80 Å². The van der Waals surface area contributed by atoms with Gasteiger partial charge in [0.2, 0.25) is 11.8 Å². The first kappa shape index (κ1) is 17.2. The van der Waals surface area contributed by atoms with Crippen LogP contribution in [0.5, 0.6) is 0 Å². The number of nitrogens with zero attached hydrogens (tertiary/aromatic N) is 2. The fourth-order valence-electron chi connectivity index (χ4n) is 3.51. The fourth-order valence-corrected chi connectivity index (χ4v) is 3.70. The maximum absolute atomic E-state index is 12.4. The first-order chi connectivity index (χ1) is 11.6. The van der Waals surface area contributed by atoms with E-state index in [1.165, 1.54) is 12.8 Å². The summed E-state index contributed by atoms with van der Waals surface area (Å²) in [5.74, 6) is 0.478. The SMILES string of the molecule is O=C(CN1CCN(C(=O)C2CCCC2)CC1)Nc1ccccc1Cl. The number of nitrogens with one attached hydrogen (secondary N) is 1. The van der Waals surface area contributed by atoms with E-state index in [9.17, 15) is 9.59 Å². The number of hydrogen-bond donors (Lipinski definition) is 1. The summed E-state index contributed by atoms with van der Waals surface area (Å²) in [6.07, 6.45) is 4.44. The maximum atomic E-state index is 12.4. The molecule has 24 heavy (non-hydrogen) atoms. The number of halogens is 1. The Labute approximate surface area is 147 Å². The quantitative estimate of drug-likeness (QED) is 0.909. The van der Waals surface area contributed by atoms with Crippen LogP contribution in [-0.4, -0.2) is 54.3 Å². The lowest BCUT2D eigenvalue weighted by atomic mass is 10.1. The van der Waals surface area contributed by atoms with Crippen LogP contribution in [0.15, 0.2) is 24.3 Å². The molecule has 130 valence electrons. The molecule has 1 aromatic rings. The molecule has 2 aliphatic rings. The second-order valence-corrected chi connectivity index (χ2v) is 7.02. The molecule has 1 saturated carbocycles. The second-order valence-electron chi connectivity index (χ2n) is 6.61. The zero-order valence-electron chi connectivity index (χ0n) is 13.8. The third-order valence-electron chi connectivity index (χ3n) is 4.90. The van der Waals surface area contributed by atoms with Crippen LogP contribution in [0.4, 0.5) is 5.69 Å². The molecule has 1 saturated heterocycles. The van der Waals surface area contributed by atoms with Gasteiger partial charge in [-0.1, -0.05) is 36.6 Å². The summed E-state index contributed by atoms with van der Waals surface area (Å²) < 4.78 is 0. The summed E-state index contributed by atoms with van der Waals surface area (Å²) in [6.45, 7) is 3.25. The van der Waals surface area contributed by atoms with Crippen molar-refractivity contribution in [2.45, 2.75) is 25.7 Å². The van der Waals surface area contributed by atoms with Gasteiger partial charge in [0.15, 0.2) is 0 Å². The number of hydrogen-bond acceptors (Lipinski definition) is 3. The minimum atomic E-state index is -0.0707. The summed E-state index contributed by atoms with van der Waals surface area (Å²) in [5, 5.41) is 3.38. The molecule has 0 radical (unpaired) electrons. The Morgan fingerprint density at radius 2 is 1.75 bits per heavy atom. The summed E-state index contributed by atoms with van der Waals surface area (Å²) in [5.41, 5.74) is 0.638. The molecular formula is C18H24ClN3O2. The molecule has 0 atom stereocenters. The van der Waals surface area contributed by atoms with Crippen molar-refractivity contribution >= 4 is 29.1 Å². The largest absolute Gasteiger partial charge is 0.340 e. The van der Waals surface area contributed by atoms with Crippen LogP contribution in [-0.2, 0) is 9.59 Å². The van der Waals surface area contributed by atoms with Gasteiger partial charge in [0, 0.05) is 32.1 Å². The van der Waals surface area contributed by atoms with Crippen molar-refractivity contribution in [2.75, 3.05) is 38.0 Å². The lowest BCUT2D eigenvalue weighted by molar-refractivity contribution is -0.137. The number of anilines is 1. The summed E-state index contributed by atoms with van der Waals surface area (Å²) in [7, 11) is 0. The third-order valence-corrected chi connectivity index (χ3v) is 5.23. The third kappa shape index (κ3) is 4.28. The van der Waals surface area contributed by atoms with Gasteiger partial charge in [0.05, 0.1) is 17.3 Å². The van der Waals surface area contributed by atoms with Crippen molar-refractivity contribution in [3.05, 3.63) is 29.3 Å². The minimum absolute atomic E-state index is 0.0707. The number of piperazine rings is 1. The molecule has 0 unspecified atom stereocenters. The maximum Gasteiger partial charge on any atom is 0.238 e. The molecule has 1 aliphatic carbocycles. The Balaban J connectivity index is 1.44. The lowest BCUT2D eigenvalue weighted by Crippen LogP contribution is -2.51. The van der Waals surface area contributed by atoms with Gasteiger partial charge in [-0.05, 0) is 25.0 Å². The number of carbonyl (C=O) groups is 2. The van der Waals surface area contributed by atoms with E-state index < -0.39 is 0 Å². The summed E-state index contributed by atoms with van der Waals surface area (Å²) >= 11 is 6.05. The van der Waals surface area contributed by atoms with Crippen molar-refractivity contribution < 1.29 is 9.59 Å². The molecule has 2 amide bonds. The highest BCUT2D eigenvalue weighted by Gasteiger charge is 2.29. The number of benzene rings is 1. The molecule has 2 fully saturated rings. The zero-order valence-corrected chi connectivity index (χ0v) is 14.6. The van der Waals surface area contributed by atoms with E-state index >= 15 is 0 Å². The highest BCUT2D eigenvalue weighted by Crippen LogP contribution is 2.27. The number of rotatable bonds is 4. The van der Waals surface area contributed by atoms with Gasteiger partial charge in [0.25, 0.3) is 0 Å². The van der Waals surface area contributed by atoms with Crippen LogP contribution in [0.2, 0.25) is 5.02 Å². The molecule has 3 rings (SSSR count). The monoisotopic (exact) mass is 349 g/mol. The highest BCUT2D eigenvalue weighted by molar-refractivity contribution is 6.33. The van der Waals surface area contributed by atoms with Gasteiger partial charge >= 0.3 is 0 Å². The van der Waals surface area contributed by atoms with Gasteiger partial charge in [-0.2, -0.15) is 0 Å². The highest BCUT2D eigenvalue weighted by atomic mass is 35.5. The Hall–Kier alpha value is -1.59. The van der Waals surface area contributed by atoms with Gasteiger partial charge in [-0.15, -0.1) is 0 Å². The van der Waals surface area contributed by atoms with Crippen LogP contribution in [0.1, 0.15) is 25.7 Å². The number of amides is 2. The molecule has 6 heteroatoms. The summed E-state index contributed by atoms with van der Waals surface area (Å²) in [6, 6.07) is 7.22. The predicted molar refractivity (Wildman–Crippen MR) is 95.1 cm³/mol. The van der Waals surface area contributed by atoms with Gasteiger partial charge in [0.1, 0.15) is 0 Å². The van der Waals surface area contributed by atoms with Crippen molar-refractivity contribution in [3.8, 4) is 0 Å². The Morgan fingerprint density at radius 3 is 2.42 bits per heavy atom. The van der Waals surface area contributed by atoms with E-state index in [1.54, 1.807) is 12.1 Å². The van der Waals surface area contributed by atoms with Crippen LogP contribution in [0.3, 0.4) is 0 Å². The molecule has 0 aromatic heterocycles. The van der Waals surface area contributed by atoms with E-state index in [-0.39, 0.29) is 11.8 Å². The normalized spacial score (nSPS) is 19.5. The Bertz CT molecular complexity index is 594. The number of carbonyl (C=O) groups excluding carboxylic acids is 2. The van der Waals surface area contributed by atoms with Crippen LogP contribution in [0, 0.1) is 5.92 Å². The van der Waals surface area contributed by atoms with E-state index in [0.29, 0.717) is 36.3 Å². The molecule has 1 N–H and O–H groups in total. The average Bonchev–Trinajstić information content (AvgIpc) is 3.11. The number of para-hydroxylation sites is 1. The molecule has 0 spiro atoms. The average molecular weight is 350 g/mol. The molecular weight excluding hydrogens is 326 g/mol. The topological polar surface area (TPSA) is 52.7 Å². The zero-order chi connectivity index (χ0) is 16.9. The fraction of sp³-hybridized carbons (Fsp3) is 0.556. The van der Waals surface area contributed by atoms with Crippen molar-refractivity contribution in [2.24, 2.45) is 5.92 Å². The van der Waals surface area contributed by atoms with E-state index in [1.807, 2.05) is 17.0 Å². The molecule has 0 bridgehead atoms.